The molecule has 0 rings (SSSR count). The summed E-state index contributed by atoms with van der Waals surface area (Å²) in [6.45, 7) is 1.41. The van der Waals surface area contributed by atoms with E-state index < -0.39 is 5.97 Å². The monoisotopic (exact) mass is 132 g/mol. The van der Waals surface area contributed by atoms with Crippen molar-refractivity contribution in [1.82, 2.24) is 0 Å². The van der Waals surface area contributed by atoms with E-state index in [1.165, 1.54) is 6.08 Å². The van der Waals surface area contributed by atoms with E-state index >= 15 is 0 Å². The molecule has 0 bridgehead atoms. The van der Waals surface area contributed by atoms with Gasteiger partial charge in [0.05, 0.1) is 0 Å². The molecule has 0 aliphatic carbocycles. The van der Waals surface area contributed by atoms with Gasteiger partial charge in [-0.3, -0.25) is 4.79 Å². The minimum Gasteiger partial charge on any atom is -0.483 e. The average Bonchev–Trinajstić information content (AvgIpc) is 1.67. The van der Waals surface area contributed by atoms with Crippen molar-refractivity contribution < 1.29 is 19.8 Å². The number of rotatable bonds is 1. The summed E-state index contributed by atoms with van der Waals surface area (Å²) in [5.74, 6) is -0.891. The number of allylic oxidation sites excluding steroid dienone is 1. The summed E-state index contributed by atoms with van der Waals surface area (Å²) in [5.41, 5.74) is 0. The molecule has 4 nitrogen and oxygen atoms in total. The maximum absolute atomic E-state index is 9.51. The second-order valence-corrected chi connectivity index (χ2v) is 0.944. The molecule has 0 aliphatic rings. The van der Waals surface area contributed by atoms with E-state index in [0.717, 1.165) is 6.08 Å². The van der Waals surface area contributed by atoms with Gasteiger partial charge >= 0.3 is 5.97 Å². The molecular weight excluding hydrogens is 124 g/mol. The molecule has 0 aromatic rings. The Morgan fingerprint density at radius 3 is 1.89 bits per heavy atom. The Morgan fingerprint density at radius 2 is 1.89 bits per heavy atom. The van der Waals surface area contributed by atoms with Crippen LogP contribution in [0.25, 0.3) is 0 Å². The van der Waals surface area contributed by atoms with Gasteiger partial charge in [-0.15, -0.1) is 0 Å². The number of hydrogen-bond donors (Lipinski definition) is 2. The zero-order chi connectivity index (χ0) is 7.70. The Labute approximate surface area is 52.4 Å². The molecule has 0 amide bonds. The van der Waals surface area contributed by atoms with Crippen LogP contribution < -0.4 is 0 Å². The highest BCUT2D eigenvalue weighted by molar-refractivity contribution is 5.79. The molecule has 0 radical (unpaired) electrons. The smallest absolute Gasteiger partial charge is 0.327 e. The first kappa shape index (κ1) is 10.6. The first-order chi connectivity index (χ1) is 4.18. The van der Waals surface area contributed by atoms with Crippen molar-refractivity contribution in [1.29, 1.82) is 0 Å². The van der Waals surface area contributed by atoms with Crippen LogP contribution in [0.2, 0.25) is 0 Å². The molecule has 2 N–H and O–H groups in total. The lowest BCUT2D eigenvalue weighted by Gasteiger charge is -1.68. The van der Waals surface area contributed by atoms with Crippen molar-refractivity contribution in [3.63, 3.8) is 0 Å². The van der Waals surface area contributed by atoms with Crippen LogP contribution in [0, 0.1) is 0 Å². The summed E-state index contributed by atoms with van der Waals surface area (Å²) in [7, 11) is 0. The Kier molecular flexibility index (Phi) is 11.6. The molecule has 52 valence electrons. The SMILES string of the molecule is C/C=C/C(=O)O.O=CO. The first-order valence-corrected chi connectivity index (χ1v) is 2.12. The normalized spacial score (nSPS) is 7.67. The molecule has 0 spiro atoms. The summed E-state index contributed by atoms with van der Waals surface area (Å²) in [5, 5.41) is 14.7. The third-order valence-corrected chi connectivity index (χ3v) is 0.309. The third kappa shape index (κ3) is 51.8. The number of carboxylic acid groups (broad SMARTS) is 2. The van der Waals surface area contributed by atoms with Gasteiger partial charge in [-0.1, -0.05) is 6.08 Å². The van der Waals surface area contributed by atoms with Crippen LogP contribution in [-0.2, 0) is 9.59 Å². The molecule has 0 atom stereocenters. The third-order valence-electron chi connectivity index (χ3n) is 0.309. The van der Waals surface area contributed by atoms with Gasteiger partial charge in [0.25, 0.3) is 6.47 Å². The van der Waals surface area contributed by atoms with Gasteiger partial charge in [0.2, 0.25) is 0 Å². The Hall–Kier alpha value is -1.32. The van der Waals surface area contributed by atoms with Crippen molar-refractivity contribution >= 4 is 12.4 Å². The summed E-state index contributed by atoms with van der Waals surface area (Å²) >= 11 is 0. The lowest BCUT2D eigenvalue weighted by Crippen LogP contribution is -1.83. The topological polar surface area (TPSA) is 74.6 Å². The van der Waals surface area contributed by atoms with E-state index in [1.54, 1.807) is 6.92 Å². The van der Waals surface area contributed by atoms with Crippen LogP contribution in [0.5, 0.6) is 0 Å². The van der Waals surface area contributed by atoms with Gasteiger partial charge < -0.3 is 10.2 Å². The van der Waals surface area contributed by atoms with Gasteiger partial charge in [0.15, 0.2) is 0 Å². The van der Waals surface area contributed by atoms with Crippen LogP contribution in [0.15, 0.2) is 12.2 Å². The van der Waals surface area contributed by atoms with Gasteiger partial charge in [0.1, 0.15) is 0 Å². The molecule has 0 saturated carbocycles. The highest BCUT2D eigenvalue weighted by atomic mass is 16.4. The summed E-state index contributed by atoms with van der Waals surface area (Å²) in [6, 6.07) is 0. The lowest BCUT2D eigenvalue weighted by atomic mass is 10.5. The van der Waals surface area contributed by atoms with E-state index in [0.29, 0.717) is 0 Å². The quantitative estimate of drug-likeness (QED) is 0.398. The maximum Gasteiger partial charge on any atom is 0.327 e. The predicted octanol–water partition coefficient (Wildman–Crippen LogP) is 0.348. The molecule has 0 aliphatic heterocycles. The molecule has 0 saturated heterocycles. The molecule has 0 fully saturated rings. The second kappa shape index (κ2) is 9.84. The fourth-order valence-electron chi connectivity index (χ4n) is 0.143. The van der Waals surface area contributed by atoms with E-state index in [9.17, 15) is 4.79 Å². The Bertz CT molecular complexity index is 106. The zero-order valence-corrected chi connectivity index (χ0v) is 4.94. The van der Waals surface area contributed by atoms with Crippen molar-refractivity contribution in [3.05, 3.63) is 12.2 Å². The van der Waals surface area contributed by atoms with Crippen LogP contribution in [0.1, 0.15) is 6.92 Å². The summed E-state index contributed by atoms with van der Waals surface area (Å²) < 4.78 is 0. The minimum atomic E-state index is -0.891. The molecule has 0 aromatic heterocycles. The average molecular weight is 132 g/mol. The van der Waals surface area contributed by atoms with Gasteiger partial charge in [-0.2, -0.15) is 0 Å². The largest absolute Gasteiger partial charge is 0.483 e. The number of hydrogen-bond acceptors (Lipinski definition) is 2. The zero-order valence-electron chi connectivity index (χ0n) is 4.94. The van der Waals surface area contributed by atoms with Gasteiger partial charge in [0, 0.05) is 6.08 Å². The Morgan fingerprint density at radius 1 is 1.56 bits per heavy atom. The predicted molar refractivity (Wildman–Crippen MR) is 31.1 cm³/mol. The van der Waals surface area contributed by atoms with Crippen LogP contribution in [0.4, 0.5) is 0 Å². The van der Waals surface area contributed by atoms with E-state index in [1.807, 2.05) is 0 Å². The Balaban J connectivity index is 0. The number of aliphatic carboxylic acids is 1. The summed E-state index contributed by atoms with van der Waals surface area (Å²) in [6.07, 6.45) is 2.56. The molecular formula is C5H8O4. The van der Waals surface area contributed by atoms with Crippen molar-refractivity contribution in [2.75, 3.05) is 0 Å². The maximum atomic E-state index is 9.51. The number of carbonyl (C=O) groups is 2. The molecule has 0 unspecified atom stereocenters. The van der Waals surface area contributed by atoms with Crippen molar-refractivity contribution in [2.45, 2.75) is 6.92 Å². The van der Waals surface area contributed by atoms with E-state index in [2.05, 4.69) is 0 Å². The van der Waals surface area contributed by atoms with Gasteiger partial charge in [-0.25, -0.2) is 4.79 Å². The molecule has 4 heteroatoms. The van der Waals surface area contributed by atoms with E-state index in [-0.39, 0.29) is 6.47 Å². The van der Waals surface area contributed by atoms with Gasteiger partial charge in [-0.05, 0) is 6.92 Å². The highest BCUT2D eigenvalue weighted by Crippen LogP contribution is 1.65. The minimum absolute atomic E-state index is 0.250. The molecule has 0 heterocycles. The van der Waals surface area contributed by atoms with Crippen LogP contribution in [0.3, 0.4) is 0 Å². The van der Waals surface area contributed by atoms with Crippen molar-refractivity contribution in [3.8, 4) is 0 Å². The van der Waals surface area contributed by atoms with Crippen molar-refractivity contribution in [2.24, 2.45) is 0 Å². The lowest BCUT2D eigenvalue weighted by molar-refractivity contribution is -0.131. The van der Waals surface area contributed by atoms with Crippen LogP contribution >= 0.6 is 0 Å². The second-order valence-electron chi connectivity index (χ2n) is 0.944. The standard InChI is InChI=1S/C4H6O2.CH2O2/c1-2-3-4(5)6;2-1-3/h2-3H,1H3,(H,5,6);1H,(H,2,3)/b3-2+;. The number of carboxylic acids is 1. The summed E-state index contributed by atoms with van der Waals surface area (Å²) in [4.78, 5) is 17.9. The first-order valence-electron chi connectivity index (χ1n) is 2.12. The van der Waals surface area contributed by atoms with Crippen LogP contribution in [-0.4, -0.2) is 22.7 Å². The molecule has 0 aromatic carbocycles. The fraction of sp³-hybridized carbons (Fsp3) is 0.200. The fourth-order valence-corrected chi connectivity index (χ4v) is 0.143. The highest BCUT2D eigenvalue weighted by Gasteiger charge is 1.76. The molecule has 9 heavy (non-hydrogen) atoms. The van der Waals surface area contributed by atoms with E-state index in [4.69, 9.17) is 15.0 Å².